The molecule has 2 heterocycles. The molecular weight excluding hydrogens is 461 g/mol. The van der Waals surface area contributed by atoms with Crippen LogP contribution in [-0.2, 0) is 0 Å². The fourth-order valence-electron chi connectivity index (χ4n) is 3.39. The Morgan fingerprint density at radius 1 is 0.485 bits per heavy atom. The number of aromatic amines is 2. The van der Waals surface area contributed by atoms with Crippen molar-refractivity contribution in [1.29, 1.82) is 0 Å². The zero-order valence-electron chi connectivity index (χ0n) is 17.6. The van der Waals surface area contributed by atoms with Gasteiger partial charge in [-0.2, -0.15) is 9.97 Å². The zero-order valence-corrected chi connectivity index (χ0v) is 20.6. The van der Waals surface area contributed by atoms with E-state index in [1.165, 1.54) is 9.40 Å². The molecule has 7 heteroatoms. The molecule has 0 amide bonds. The van der Waals surface area contributed by atoms with Crippen LogP contribution in [0.1, 0.15) is 0 Å². The molecule has 2 aromatic heterocycles. The van der Waals surface area contributed by atoms with Gasteiger partial charge in [-0.25, -0.2) is 0 Å². The number of hydrogen-bond donors (Lipinski definition) is 0. The first-order chi connectivity index (χ1) is 15.7. The van der Waals surface area contributed by atoms with Gasteiger partial charge in [0.25, 0.3) is 10.0 Å². The third kappa shape index (κ3) is 5.01. The molecule has 0 aliphatic carbocycles. The van der Waals surface area contributed by atoms with Crippen LogP contribution in [0.4, 0.5) is 0 Å². The molecule has 0 unspecified atom stereocenters. The number of para-hydroxylation sites is 4. The van der Waals surface area contributed by atoms with Crippen molar-refractivity contribution in [3.8, 4) is 32.6 Å². The van der Waals surface area contributed by atoms with Crippen LogP contribution in [0.15, 0.2) is 97.1 Å². The van der Waals surface area contributed by atoms with Gasteiger partial charge in [0.2, 0.25) is 11.0 Å². The van der Waals surface area contributed by atoms with E-state index in [0.29, 0.717) is 0 Å². The molecule has 6 rings (SSSR count). The summed E-state index contributed by atoms with van der Waals surface area (Å²) in [5.41, 5.74) is 3.63. The summed E-state index contributed by atoms with van der Waals surface area (Å²) in [4.78, 5) is 6.54. The van der Waals surface area contributed by atoms with E-state index in [1.807, 2.05) is 72.8 Å². The van der Waals surface area contributed by atoms with Gasteiger partial charge in [0.05, 0.1) is 0 Å². The Bertz CT molecular complexity index is 1350. The summed E-state index contributed by atoms with van der Waals surface area (Å²) in [6.07, 6.45) is 0. The quantitative estimate of drug-likeness (QED) is 0.343. The van der Waals surface area contributed by atoms with Gasteiger partial charge in [-0.15, -0.1) is 0 Å². The van der Waals surface area contributed by atoms with E-state index in [4.69, 9.17) is 0 Å². The normalized spacial score (nSPS) is 10.4. The summed E-state index contributed by atoms with van der Waals surface area (Å²) in [7, 11) is 0. The fourth-order valence-corrected chi connectivity index (χ4v) is 5.46. The van der Waals surface area contributed by atoms with E-state index < -0.39 is 0 Å². The molecule has 0 fully saturated rings. The molecule has 0 spiro atoms. The van der Waals surface area contributed by atoms with Crippen molar-refractivity contribution in [2.24, 2.45) is 0 Å². The number of thiazole rings is 2. The van der Waals surface area contributed by atoms with Gasteiger partial charge in [-0.1, -0.05) is 94.8 Å². The number of benzene rings is 4. The molecule has 2 N–H and O–H groups in total. The van der Waals surface area contributed by atoms with E-state index >= 15 is 0 Å². The number of aromatic nitrogens is 2. The topological polar surface area (TPSA) is 74.4 Å². The summed E-state index contributed by atoms with van der Waals surface area (Å²) in [5.74, 6) is 0.121. The van der Waals surface area contributed by atoms with Gasteiger partial charge in [0.1, 0.15) is 9.40 Å². The zero-order chi connectivity index (χ0) is 21.9. The minimum atomic E-state index is 0. The van der Waals surface area contributed by atoms with Crippen LogP contribution in [0, 0.1) is 0 Å². The molecule has 33 heavy (non-hydrogen) atoms. The monoisotopic (exact) mass is 478 g/mol. The van der Waals surface area contributed by atoms with Crippen LogP contribution in [0.3, 0.4) is 0 Å². The molecule has 0 aliphatic rings. The van der Waals surface area contributed by atoms with E-state index in [2.05, 4.69) is 9.97 Å². The average molecular weight is 479 g/mol. The van der Waals surface area contributed by atoms with Gasteiger partial charge in [0.15, 0.2) is 0 Å². The van der Waals surface area contributed by atoms with Crippen molar-refractivity contribution >= 4 is 66.2 Å². The summed E-state index contributed by atoms with van der Waals surface area (Å²) in [6.45, 7) is 0. The van der Waals surface area contributed by atoms with Crippen LogP contribution in [0.2, 0.25) is 0 Å². The summed E-state index contributed by atoms with van der Waals surface area (Å²) >= 11 is 3.22. The first-order valence-electron chi connectivity index (χ1n) is 10.0. The first kappa shape index (κ1) is 23.2. The molecule has 0 saturated heterocycles. The second-order valence-electron chi connectivity index (χ2n) is 7.10. The minimum absolute atomic E-state index is 0. The van der Waals surface area contributed by atoms with Crippen LogP contribution >= 0.6 is 22.7 Å². The van der Waals surface area contributed by atoms with Gasteiger partial charge >= 0.3 is 23.1 Å². The molecule has 0 radical (unpaired) electrons. The Kier molecular flexibility index (Phi) is 7.25. The molecule has 0 bridgehead atoms. The average Bonchev–Trinajstić information content (AvgIpc) is 3.44. The van der Waals surface area contributed by atoms with Crippen molar-refractivity contribution in [2.75, 3.05) is 0 Å². The van der Waals surface area contributed by atoms with Crippen molar-refractivity contribution in [2.45, 2.75) is 0 Å². The van der Waals surface area contributed by atoms with E-state index in [1.54, 1.807) is 46.9 Å². The second kappa shape index (κ2) is 10.3. The Labute approximate surface area is 215 Å². The number of rotatable bonds is 2. The first-order valence-corrected chi connectivity index (χ1v) is 11.7. The molecule has 156 valence electrons. The molecule has 4 nitrogen and oxygen atoms in total. The maximum absolute atomic E-state index is 11.7. The smallest absolute Gasteiger partial charge is 0.872 e. The molecule has 6 aromatic rings. The number of nitrogens with one attached hydrogen (secondary N) is 2. The van der Waals surface area contributed by atoms with Crippen molar-refractivity contribution in [3.05, 3.63) is 97.1 Å². The molecule has 0 atom stereocenters. The molecule has 0 saturated carbocycles. The predicted octanol–water partition coefficient (Wildman–Crippen LogP) is 4.53. The van der Waals surface area contributed by atoms with Crippen molar-refractivity contribution in [3.63, 3.8) is 0 Å². The van der Waals surface area contributed by atoms with Gasteiger partial charge in [0, 0.05) is 23.3 Å². The third-order valence-corrected chi connectivity index (χ3v) is 7.16. The summed E-state index contributed by atoms with van der Waals surface area (Å²) in [6, 6.07) is 30.3. The van der Waals surface area contributed by atoms with Crippen LogP contribution in [0.5, 0.6) is 11.5 Å². The van der Waals surface area contributed by atoms with Crippen molar-refractivity contribution in [1.82, 2.24) is 0 Å². The summed E-state index contributed by atoms with van der Waals surface area (Å²) < 4.78 is 2.33. The predicted molar refractivity (Wildman–Crippen MR) is 132 cm³/mol. The third-order valence-electron chi connectivity index (χ3n) is 4.96. The minimum Gasteiger partial charge on any atom is -0.872 e. The fraction of sp³-hybridized carbons (Fsp3) is 0. The van der Waals surface area contributed by atoms with E-state index in [-0.39, 0.29) is 34.6 Å². The molecule has 0 aliphatic heterocycles. The van der Waals surface area contributed by atoms with E-state index in [0.717, 1.165) is 32.2 Å². The van der Waals surface area contributed by atoms with E-state index in [9.17, 15) is 10.2 Å². The Morgan fingerprint density at radius 3 is 1.24 bits per heavy atom. The Hall–Kier alpha value is -2.97. The van der Waals surface area contributed by atoms with Gasteiger partial charge in [-0.3, -0.25) is 0 Å². The van der Waals surface area contributed by atoms with Gasteiger partial charge in [-0.05, 0) is 24.3 Å². The largest absolute Gasteiger partial charge is 2.00 e. The number of fused-ring (bicyclic) bond motifs is 2. The maximum Gasteiger partial charge on any atom is 2.00 e. The Morgan fingerprint density at radius 2 is 0.848 bits per heavy atom. The second-order valence-corrected chi connectivity index (χ2v) is 9.20. The molecule has 4 aromatic carbocycles. The van der Waals surface area contributed by atoms with Crippen molar-refractivity contribution < 1.29 is 20.2 Å². The maximum atomic E-state index is 11.7. The van der Waals surface area contributed by atoms with Gasteiger partial charge < -0.3 is 10.2 Å². The van der Waals surface area contributed by atoms with Crippen LogP contribution in [0.25, 0.3) is 41.6 Å². The standard InChI is InChI=1S/2C13H9NOS.Mg/c2*15-11-7-3-1-5-9(11)13-14-10-6-2-4-8-12(10)16-13;/h2*1-8,15H;/q;;+2. The summed E-state index contributed by atoms with van der Waals surface area (Å²) in [5, 5.41) is 25.2. The molecular formula is C26H18MgN2O2S2+2. The van der Waals surface area contributed by atoms with Crippen LogP contribution < -0.4 is 20.2 Å². The van der Waals surface area contributed by atoms with Crippen LogP contribution in [-0.4, -0.2) is 23.1 Å². The number of hydrogen-bond acceptors (Lipinski definition) is 4. The Balaban J connectivity index is 0.000000152. The number of H-pyrrole nitrogens is 2. The SMILES string of the molecule is [Mg+2].[O-]c1ccccc1-c1[nH+]c2ccccc2s1.[O-]c1ccccc1-c1[nH+]c2ccccc2s1.